The van der Waals surface area contributed by atoms with Crippen LogP contribution in [0.5, 0.6) is 17.2 Å². The van der Waals surface area contributed by atoms with E-state index in [4.69, 9.17) is 19.9 Å². The number of rotatable bonds is 4. The van der Waals surface area contributed by atoms with Crippen LogP contribution in [0.1, 0.15) is 24.2 Å². The van der Waals surface area contributed by atoms with Crippen molar-refractivity contribution in [3.8, 4) is 17.2 Å². The Morgan fingerprint density at radius 2 is 1.90 bits per heavy atom. The molecule has 0 fully saturated rings. The highest BCUT2D eigenvalue weighted by atomic mass is 16.7. The smallest absolute Gasteiger partial charge is 0.231 e. The summed E-state index contributed by atoms with van der Waals surface area (Å²) in [5.41, 5.74) is 8.36. The zero-order valence-corrected chi connectivity index (χ0v) is 12.2. The van der Waals surface area contributed by atoms with Gasteiger partial charge in [0.1, 0.15) is 11.9 Å². The van der Waals surface area contributed by atoms with Crippen LogP contribution in [0.2, 0.25) is 0 Å². The monoisotopic (exact) mass is 285 g/mol. The molecule has 0 bridgehead atoms. The van der Waals surface area contributed by atoms with Gasteiger partial charge in [-0.3, -0.25) is 0 Å². The van der Waals surface area contributed by atoms with E-state index in [1.807, 2.05) is 37.3 Å². The summed E-state index contributed by atoms with van der Waals surface area (Å²) in [7, 11) is 0. The van der Waals surface area contributed by atoms with Crippen molar-refractivity contribution in [3.63, 3.8) is 0 Å². The second-order valence-electron chi connectivity index (χ2n) is 5.33. The molecular formula is C17H19NO3. The van der Waals surface area contributed by atoms with Crippen LogP contribution in [0.15, 0.2) is 42.5 Å². The van der Waals surface area contributed by atoms with E-state index in [2.05, 4.69) is 19.1 Å². The van der Waals surface area contributed by atoms with Gasteiger partial charge >= 0.3 is 0 Å². The zero-order chi connectivity index (χ0) is 14.8. The van der Waals surface area contributed by atoms with Gasteiger partial charge in [-0.2, -0.15) is 0 Å². The van der Waals surface area contributed by atoms with E-state index in [-0.39, 0.29) is 18.9 Å². The molecule has 2 aromatic rings. The molecule has 110 valence electrons. The van der Waals surface area contributed by atoms with Crippen molar-refractivity contribution in [2.24, 2.45) is 5.73 Å². The quantitative estimate of drug-likeness (QED) is 0.937. The molecule has 0 radical (unpaired) electrons. The lowest BCUT2D eigenvalue weighted by Crippen LogP contribution is -2.29. The standard InChI is InChI=1S/C17H19NO3/c1-11-4-3-5-13(8-11)17(12(2)18)21-14-6-7-15-16(9-14)20-10-19-15/h3-9,12,17H,10,18H2,1-2H3. The van der Waals surface area contributed by atoms with Crippen LogP contribution in [0.3, 0.4) is 0 Å². The summed E-state index contributed by atoms with van der Waals surface area (Å²) >= 11 is 0. The molecule has 21 heavy (non-hydrogen) atoms. The molecule has 0 saturated heterocycles. The van der Waals surface area contributed by atoms with Gasteiger partial charge in [0.15, 0.2) is 11.5 Å². The van der Waals surface area contributed by atoms with Gasteiger partial charge < -0.3 is 19.9 Å². The highest BCUT2D eigenvalue weighted by molar-refractivity contribution is 5.47. The van der Waals surface area contributed by atoms with Crippen LogP contribution in [0, 0.1) is 6.92 Å². The first kappa shape index (κ1) is 13.8. The highest BCUT2D eigenvalue weighted by Crippen LogP contribution is 2.36. The first-order valence-electron chi connectivity index (χ1n) is 7.02. The highest BCUT2D eigenvalue weighted by Gasteiger charge is 2.20. The van der Waals surface area contributed by atoms with E-state index in [9.17, 15) is 0 Å². The maximum absolute atomic E-state index is 6.10. The van der Waals surface area contributed by atoms with Gasteiger partial charge in [-0.15, -0.1) is 0 Å². The minimum absolute atomic E-state index is 0.128. The topological polar surface area (TPSA) is 53.7 Å². The Labute approximate surface area is 124 Å². The van der Waals surface area contributed by atoms with Gasteiger partial charge in [0.05, 0.1) is 0 Å². The molecular weight excluding hydrogens is 266 g/mol. The number of hydrogen-bond donors (Lipinski definition) is 1. The Morgan fingerprint density at radius 1 is 1.10 bits per heavy atom. The maximum Gasteiger partial charge on any atom is 0.231 e. The predicted octanol–water partition coefficient (Wildman–Crippen LogP) is 3.19. The zero-order valence-electron chi connectivity index (χ0n) is 12.2. The van der Waals surface area contributed by atoms with Gasteiger partial charge in [-0.05, 0) is 31.5 Å². The molecule has 4 nitrogen and oxygen atoms in total. The summed E-state index contributed by atoms with van der Waals surface area (Å²) in [5, 5.41) is 0. The minimum atomic E-state index is -0.203. The molecule has 1 aliphatic rings. The molecule has 2 unspecified atom stereocenters. The van der Waals surface area contributed by atoms with Crippen molar-refractivity contribution < 1.29 is 14.2 Å². The Bertz CT molecular complexity index is 640. The molecule has 4 heteroatoms. The molecule has 2 atom stereocenters. The molecule has 0 aromatic heterocycles. The average Bonchev–Trinajstić information content (AvgIpc) is 2.92. The fourth-order valence-electron chi connectivity index (χ4n) is 2.42. The van der Waals surface area contributed by atoms with E-state index >= 15 is 0 Å². The maximum atomic E-state index is 6.10. The molecule has 0 saturated carbocycles. The SMILES string of the molecule is Cc1cccc(C(Oc2ccc3c(c2)OCO3)C(C)N)c1. The molecule has 0 spiro atoms. The third-order valence-electron chi connectivity index (χ3n) is 3.46. The largest absolute Gasteiger partial charge is 0.484 e. The van der Waals surface area contributed by atoms with Crippen LogP contribution < -0.4 is 19.9 Å². The van der Waals surface area contributed by atoms with Gasteiger partial charge in [0, 0.05) is 12.1 Å². The lowest BCUT2D eigenvalue weighted by molar-refractivity contribution is 0.171. The first-order chi connectivity index (χ1) is 10.1. The van der Waals surface area contributed by atoms with E-state index in [0.29, 0.717) is 5.75 Å². The second kappa shape index (κ2) is 5.66. The van der Waals surface area contributed by atoms with Crippen molar-refractivity contribution in [3.05, 3.63) is 53.6 Å². The number of hydrogen-bond acceptors (Lipinski definition) is 4. The molecule has 1 aliphatic heterocycles. The fourth-order valence-corrected chi connectivity index (χ4v) is 2.42. The first-order valence-corrected chi connectivity index (χ1v) is 7.02. The number of ether oxygens (including phenoxy) is 3. The number of benzene rings is 2. The van der Waals surface area contributed by atoms with E-state index in [1.165, 1.54) is 5.56 Å². The van der Waals surface area contributed by atoms with Crippen LogP contribution in [-0.2, 0) is 0 Å². The van der Waals surface area contributed by atoms with Crippen molar-refractivity contribution >= 4 is 0 Å². The van der Waals surface area contributed by atoms with Crippen molar-refractivity contribution in [1.82, 2.24) is 0 Å². The Hall–Kier alpha value is -2.20. The van der Waals surface area contributed by atoms with E-state index in [1.54, 1.807) is 0 Å². The summed E-state index contributed by atoms with van der Waals surface area (Å²) in [5.74, 6) is 2.18. The van der Waals surface area contributed by atoms with Crippen LogP contribution >= 0.6 is 0 Å². The van der Waals surface area contributed by atoms with Crippen molar-refractivity contribution in [1.29, 1.82) is 0 Å². The molecule has 0 amide bonds. The second-order valence-corrected chi connectivity index (χ2v) is 5.33. The lowest BCUT2D eigenvalue weighted by Gasteiger charge is -2.23. The van der Waals surface area contributed by atoms with E-state index < -0.39 is 0 Å². The van der Waals surface area contributed by atoms with Gasteiger partial charge in [0.2, 0.25) is 6.79 Å². The Morgan fingerprint density at radius 3 is 2.67 bits per heavy atom. The Balaban J connectivity index is 1.86. The van der Waals surface area contributed by atoms with Gasteiger partial charge in [-0.25, -0.2) is 0 Å². The number of fused-ring (bicyclic) bond motifs is 1. The molecule has 1 heterocycles. The fraction of sp³-hybridized carbons (Fsp3) is 0.294. The molecule has 0 aliphatic carbocycles. The summed E-state index contributed by atoms with van der Waals surface area (Å²) < 4.78 is 16.8. The average molecular weight is 285 g/mol. The minimum Gasteiger partial charge on any atom is -0.484 e. The number of aryl methyl sites for hydroxylation is 1. The third-order valence-corrected chi connectivity index (χ3v) is 3.46. The van der Waals surface area contributed by atoms with Crippen LogP contribution in [-0.4, -0.2) is 12.8 Å². The van der Waals surface area contributed by atoms with Crippen molar-refractivity contribution in [2.45, 2.75) is 26.0 Å². The molecule has 2 N–H and O–H groups in total. The summed E-state index contributed by atoms with van der Waals surface area (Å²) in [6.45, 7) is 4.26. The van der Waals surface area contributed by atoms with E-state index in [0.717, 1.165) is 17.1 Å². The summed E-state index contributed by atoms with van der Waals surface area (Å²) in [6.07, 6.45) is -0.203. The van der Waals surface area contributed by atoms with Gasteiger partial charge in [0.25, 0.3) is 0 Å². The summed E-state index contributed by atoms with van der Waals surface area (Å²) in [4.78, 5) is 0. The molecule has 2 aromatic carbocycles. The number of nitrogens with two attached hydrogens (primary N) is 1. The Kier molecular flexibility index (Phi) is 3.71. The van der Waals surface area contributed by atoms with Crippen LogP contribution in [0.4, 0.5) is 0 Å². The third kappa shape index (κ3) is 2.95. The summed E-state index contributed by atoms with van der Waals surface area (Å²) in [6, 6.07) is 13.6. The van der Waals surface area contributed by atoms with Crippen molar-refractivity contribution in [2.75, 3.05) is 6.79 Å². The van der Waals surface area contributed by atoms with Crippen LogP contribution in [0.25, 0.3) is 0 Å². The lowest BCUT2D eigenvalue weighted by atomic mass is 10.0. The molecule has 3 rings (SSSR count). The normalized spacial score (nSPS) is 15.6. The predicted molar refractivity (Wildman–Crippen MR) is 80.8 cm³/mol. The van der Waals surface area contributed by atoms with Gasteiger partial charge in [-0.1, -0.05) is 29.8 Å².